The van der Waals surface area contributed by atoms with Gasteiger partial charge >= 0.3 is 0 Å². The van der Waals surface area contributed by atoms with Crippen LogP contribution in [-0.4, -0.2) is 42.5 Å². The molecule has 0 spiro atoms. The van der Waals surface area contributed by atoms with Crippen LogP contribution >= 0.6 is 22.9 Å². The molecule has 3 rings (SSSR count). The van der Waals surface area contributed by atoms with Crippen LogP contribution in [0, 0.1) is 0 Å². The van der Waals surface area contributed by atoms with E-state index in [9.17, 15) is 9.59 Å². The quantitative estimate of drug-likeness (QED) is 0.478. The van der Waals surface area contributed by atoms with Crippen LogP contribution in [0.15, 0.2) is 41.8 Å². The molecule has 1 atom stereocenters. The zero-order valence-electron chi connectivity index (χ0n) is 18.0. The van der Waals surface area contributed by atoms with Gasteiger partial charge in [-0.15, -0.1) is 11.3 Å². The molecule has 0 radical (unpaired) electrons. The van der Waals surface area contributed by atoms with Crippen molar-refractivity contribution in [2.24, 2.45) is 0 Å². The van der Waals surface area contributed by atoms with Crippen LogP contribution in [-0.2, 0) is 20.7 Å². The van der Waals surface area contributed by atoms with Gasteiger partial charge in [0.05, 0.1) is 6.42 Å². The number of thiophene rings is 1. The van der Waals surface area contributed by atoms with Gasteiger partial charge in [0.25, 0.3) is 0 Å². The van der Waals surface area contributed by atoms with Gasteiger partial charge in [0.2, 0.25) is 11.8 Å². The highest BCUT2D eigenvalue weighted by Gasteiger charge is 2.33. The van der Waals surface area contributed by atoms with Gasteiger partial charge in [-0.1, -0.05) is 42.6 Å². The highest BCUT2D eigenvalue weighted by Crippen LogP contribution is 2.27. The molecule has 1 aliphatic carbocycles. The third kappa shape index (κ3) is 7.06. The Bertz CT molecular complexity index is 820. The van der Waals surface area contributed by atoms with Gasteiger partial charge in [0.1, 0.15) is 6.04 Å². The molecule has 7 heteroatoms. The minimum atomic E-state index is -0.688. The second kappa shape index (κ2) is 12.2. The summed E-state index contributed by atoms with van der Waals surface area (Å²) in [6, 6.07) is 10.6. The first kappa shape index (κ1) is 23.8. The number of hydrogen-bond acceptors (Lipinski definition) is 4. The fourth-order valence-corrected chi connectivity index (χ4v) is 4.83. The van der Waals surface area contributed by atoms with Gasteiger partial charge in [-0.2, -0.15) is 0 Å². The summed E-state index contributed by atoms with van der Waals surface area (Å²) in [5.41, 5.74) is 0.774. The molecule has 1 saturated carbocycles. The number of benzene rings is 1. The summed E-state index contributed by atoms with van der Waals surface area (Å²) in [5, 5.41) is 5.76. The number of carbonyl (C=O) groups excluding carboxylic acids is 2. The smallest absolute Gasteiger partial charge is 0.247 e. The Kier molecular flexibility index (Phi) is 9.37. The molecule has 0 aliphatic heterocycles. The monoisotopic (exact) mass is 462 g/mol. The Labute approximate surface area is 193 Å². The molecule has 1 unspecified atom stereocenters. The summed E-state index contributed by atoms with van der Waals surface area (Å²) in [4.78, 5) is 29.5. The predicted octanol–water partition coefficient (Wildman–Crippen LogP) is 5.00. The zero-order valence-corrected chi connectivity index (χ0v) is 19.6. The summed E-state index contributed by atoms with van der Waals surface area (Å²) in [6.07, 6.45) is 5.20. The number of amides is 2. The zero-order chi connectivity index (χ0) is 22.1. The maximum atomic E-state index is 13.5. The lowest BCUT2D eigenvalue weighted by Crippen LogP contribution is -2.47. The summed E-state index contributed by atoms with van der Waals surface area (Å²) < 4.78 is 5.48. The molecule has 5 nitrogen and oxygen atoms in total. The standard InChI is InChI=1S/C24H31ClN2O3S/c1-2-30-15-6-14-27(22(28)17-21-9-5-16-31-21)23(18-10-12-19(25)13-11-18)24(29)26-20-7-3-4-8-20/h5,9-13,16,20,23H,2-4,6-8,14-15,17H2,1H3,(H,26,29). The van der Waals surface area contributed by atoms with Gasteiger partial charge in [0.15, 0.2) is 0 Å². The second-order valence-electron chi connectivity index (χ2n) is 7.84. The first-order valence-electron chi connectivity index (χ1n) is 11.0. The van der Waals surface area contributed by atoms with Crippen LogP contribution in [0.3, 0.4) is 0 Å². The average molecular weight is 463 g/mol. The van der Waals surface area contributed by atoms with E-state index in [0.29, 0.717) is 31.2 Å². The molecule has 2 amide bonds. The van der Waals surface area contributed by atoms with E-state index >= 15 is 0 Å². The minimum Gasteiger partial charge on any atom is -0.382 e. The van der Waals surface area contributed by atoms with Crippen LogP contribution in [0.1, 0.15) is 55.5 Å². The molecule has 1 aliphatic rings. The van der Waals surface area contributed by atoms with Crippen molar-refractivity contribution in [2.45, 2.75) is 57.5 Å². The topological polar surface area (TPSA) is 58.6 Å². The third-order valence-electron chi connectivity index (χ3n) is 5.57. The molecule has 1 N–H and O–H groups in total. The Morgan fingerprint density at radius 3 is 2.61 bits per heavy atom. The molecule has 0 bridgehead atoms. The Hall–Kier alpha value is -1.89. The lowest BCUT2D eigenvalue weighted by molar-refractivity contribution is -0.141. The molecule has 1 aromatic heterocycles. The van der Waals surface area contributed by atoms with Crippen LogP contribution < -0.4 is 5.32 Å². The Morgan fingerprint density at radius 1 is 1.23 bits per heavy atom. The second-order valence-corrected chi connectivity index (χ2v) is 9.31. The van der Waals surface area contributed by atoms with Crippen molar-refractivity contribution in [3.05, 3.63) is 57.2 Å². The first-order chi connectivity index (χ1) is 15.1. The summed E-state index contributed by atoms with van der Waals surface area (Å²) in [5.74, 6) is -0.175. The number of ether oxygens (including phenoxy) is 1. The number of nitrogens with zero attached hydrogens (tertiary/aromatic N) is 1. The van der Waals surface area contributed by atoms with Gasteiger partial charge in [-0.05, 0) is 55.3 Å². The Balaban J connectivity index is 1.86. The van der Waals surface area contributed by atoms with Crippen LogP contribution in [0.2, 0.25) is 5.02 Å². The predicted molar refractivity (Wildman–Crippen MR) is 125 cm³/mol. The lowest BCUT2D eigenvalue weighted by atomic mass is 10.0. The van der Waals surface area contributed by atoms with E-state index in [4.69, 9.17) is 16.3 Å². The summed E-state index contributed by atoms with van der Waals surface area (Å²) >= 11 is 7.65. The van der Waals surface area contributed by atoms with Crippen molar-refractivity contribution >= 4 is 34.8 Å². The molecule has 1 fully saturated rings. The van der Waals surface area contributed by atoms with E-state index < -0.39 is 6.04 Å². The van der Waals surface area contributed by atoms with Gasteiger partial charge in [0, 0.05) is 35.7 Å². The summed E-state index contributed by atoms with van der Waals surface area (Å²) in [6.45, 7) is 3.59. The molecular formula is C24H31ClN2O3S. The molecule has 168 valence electrons. The van der Waals surface area contributed by atoms with E-state index in [1.807, 2.05) is 36.6 Å². The number of carbonyl (C=O) groups is 2. The number of rotatable bonds is 11. The first-order valence-corrected chi connectivity index (χ1v) is 12.3. The molecule has 0 saturated heterocycles. The third-order valence-corrected chi connectivity index (χ3v) is 6.69. The van der Waals surface area contributed by atoms with Gasteiger partial charge in [-0.3, -0.25) is 9.59 Å². The van der Waals surface area contributed by atoms with Crippen molar-refractivity contribution in [3.63, 3.8) is 0 Å². The number of nitrogens with one attached hydrogen (secondary N) is 1. The van der Waals surface area contributed by atoms with Crippen molar-refractivity contribution < 1.29 is 14.3 Å². The van der Waals surface area contributed by atoms with Crippen LogP contribution in [0.5, 0.6) is 0 Å². The number of halogens is 1. The van der Waals surface area contributed by atoms with Gasteiger partial charge in [-0.25, -0.2) is 0 Å². The highest BCUT2D eigenvalue weighted by atomic mass is 35.5. The van der Waals surface area contributed by atoms with E-state index in [0.717, 1.165) is 36.1 Å². The fraction of sp³-hybridized carbons (Fsp3) is 0.500. The van der Waals surface area contributed by atoms with Crippen LogP contribution in [0.25, 0.3) is 0 Å². The fourth-order valence-electron chi connectivity index (χ4n) is 4.01. The molecular weight excluding hydrogens is 432 g/mol. The number of hydrogen-bond donors (Lipinski definition) is 1. The van der Waals surface area contributed by atoms with E-state index in [1.54, 1.807) is 28.4 Å². The largest absolute Gasteiger partial charge is 0.382 e. The van der Waals surface area contributed by atoms with Crippen molar-refractivity contribution in [3.8, 4) is 0 Å². The Morgan fingerprint density at radius 2 is 1.97 bits per heavy atom. The van der Waals surface area contributed by atoms with Crippen molar-refractivity contribution in [2.75, 3.05) is 19.8 Å². The van der Waals surface area contributed by atoms with Crippen molar-refractivity contribution in [1.82, 2.24) is 10.2 Å². The highest BCUT2D eigenvalue weighted by molar-refractivity contribution is 7.10. The van der Waals surface area contributed by atoms with E-state index in [-0.39, 0.29) is 24.3 Å². The van der Waals surface area contributed by atoms with Crippen molar-refractivity contribution in [1.29, 1.82) is 0 Å². The van der Waals surface area contributed by atoms with Gasteiger partial charge < -0.3 is 15.0 Å². The molecule has 1 heterocycles. The van der Waals surface area contributed by atoms with Crippen LogP contribution in [0.4, 0.5) is 0 Å². The average Bonchev–Trinajstić information content (AvgIpc) is 3.45. The maximum Gasteiger partial charge on any atom is 0.247 e. The lowest BCUT2D eigenvalue weighted by Gasteiger charge is -2.32. The molecule has 1 aromatic carbocycles. The maximum absolute atomic E-state index is 13.5. The minimum absolute atomic E-state index is 0.0551. The van der Waals surface area contributed by atoms with E-state index in [2.05, 4.69) is 5.32 Å². The normalized spacial score (nSPS) is 15.0. The SMILES string of the molecule is CCOCCCN(C(=O)Cc1cccs1)C(C(=O)NC1CCCC1)c1ccc(Cl)cc1. The molecule has 31 heavy (non-hydrogen) atoms. The summed E-state index contributed by atoms with van der Waals surface area (Å²) in [7, 11) is 0. The van der Waals surface area contributed by atoms with E-state index in [1.165, 1.54) is 0 Å². The molecule has 2 aromatic rings.